The summed E-state index contributed by atoms with van der Waals surface area (Å²) in [5.74, 6) is 1.06. The predicted octanol–water partition coefficient (Wildman–Crippen LogP) is 3.85. The highest BCUT2D eigenvalue weighted by Crippen LogP contribution is 2.32. The summed E-state index contributed by atoms with van der Waals surface area (Å²) in [6.07, 6.45) is 11.7. The molecule has 0 unspecified atom stereocenters. The maximum atomic E-state index is 12.8. The van der Waals surface area contributed by atoms with Crippen LogP contribution in [0.15, 0.2) is 73.3 Å². The van der Waals surface area contributed by atoms with Gasteiger partial charge < -0.3 is 15.0 Å². The molecule has 3 aliphatic rings. The van der Waals surface area contributed by atoms with Gasteiger partial charge in [-0.3, -0.25) is 14.3 Å². The Morgan fingerprint density at radius 3 is 2.64 bits per heavy atom. The van der Waals surface area contributed by atoms with Crippen LogP contribution in [0, 0.1) is 0 Å². The van der Waals surface area contributed by atoms with Crippen molar-refractivity contribution in [3.05, 3.63) is 84.4 Å². The zero-order chi connectivity index (χ0) is 23.0. The Labute approximate surface area is 192 Å². The highest BCUT2D eigenvalue weighted by molar-refractivity contribution is 5.94. The average Bonchev–Trinajstić information content (AvgIpc) is 3.52. The zero-order valence-corrected chi connectivity index (χ0v) is 18.2. The fourth-order valence-corrected chi connectivity index (χ4v) is 4.45. The summed E-state index contributed by atoms with van der Waals surface area (Å²) in [6.45, 7) is 0.414. The van der Waals surface area contributed by atoms with Crippen LogP contribution in [0.2, 0.25) is 0 Å². The Morgan fingerprint density at radius 2 is 1.88 bits per heavy atom. The molecule has 33 heavy (non-hydrogen) atoms. The first-order valence-electron chi connectivity index (χ1n) is 11.0. The van der Waals surface area contributed by atoms with Crippen molar-refractivity contribution in [1.29, 1.82) is 0 Å². The lowest BCUT2D eigenvalue weighted by Crippen LogP contribution is -2.38. The molecule has 0 saturated heterocycles. The van der Waals surface area contributed by atoms with E-state index in [-0.39, 0.29) is 18.4 Å². The van der Waals surface area contributed by atoms with Crippen molar-refractivity contribution in [3.63, 3.8) is 0 Å². The Bertz CT molecular complexity index is 1150. The topological polar surface area (TPSA) is 102 Å². The Morgan fingerprint density at radius 1 is 1.06 bits per heavy atom. The number of carbonyl (C=O) groups is 2. The van der Waals surface area contributed by atoms with E-state index in [1.54, 1.807) is 6.20 Å². The van der Waals surface area contributed by atoms with E-state index >= 15 is 0 Å². The van der Waals surface area contributed by atoms with E-state index in [0.717, 1.165) is 37.1 Å². The van der Waals surface area contributed by atoms with E-state index in [0.29, 0.717) is 18.2 Å². The minimum atomic E-state index is -0.250. The van der Waals surface area contributed by atoms with E-state index in [1.807, 2.05) is 47.4 Å². The lowest BCUT2D eigenvalue weighted by Gasteiger charge is -2.31. The molecule has 1 saturated carbocycles. The summed E-state index contributed by atoms with van der Waals surface area (Å²) in [7, 11) is 0. The number of amides is 1. The maximum Gasteiger partial charge on any atom is 0.290 e. The van der Waals surface area contributed by atoms with Gasteiger partial charge in [0.2, 0.25) is 0 Å². The first kappa shape index (κ1) is 22.3. The number of fused-ring (bicyclic) bond motifs is 1. The van der Waals surface area contributed by atoms with Crippen LogP contribution in [0.1, 0.15) is 47.6 Å². The van der Waals surface area contributed by atoms with E-state index in [2.05, 4.69) is 44.4 Å². The van der Waals surface area contributed by atoms with Gasteiger partial charge in [-0.1, -0.05) is 12.1 Å². The second-order valence-corrected chi connectivity index (χ2v) is 8.13. The van der Waals surface area contributed by atoms with Gasteiger partial charge in [0, 0.05) is 48.0 Å². The molecule has 8 heteroatoms. The number of benzene rings is 1. The van der Waals surface area contributed by atoms with Gasteiger partial charge in [0.1, 0.15) is 5.82 Å². The number of pyridine rings is 1. The summed E-state index contributed by atoms with van der Waals surface area (Å²) in [4.78, 5) is 25.7. The molecule has 2 aliphatic heterocycles. The highest BCUT2D eigenvalue weighted by atomic mass is 16.3. The average molecular weight is 446 g/mol. The largest absolute Gasteiger partial charge is 0.483 e. The summed E-state index contributed by atoms with van der Waals surface area (Å²) >= 11 is 0. The molecule has 1 amide bonds. The molecule has 2 N–H and O–H groups in total. The lowest BCUT2D eigenvalue weighted by atomic mass is 9.90. The molecule has 0 radical (unpaired) electrons. The van der Waals surface area contributed by atoms with Crippen LogP contribution >= 0.6 is 0 Å². The van der Waals surface area contributed by atoms with Crippen LogP contribution in [-0.4, -0.2) is 42.9 Å². The van der Waals surface area contributed by atoms with Crippen molar-refractivity contribution in [2.24, 2.45) is 0 Å². The molecule has 0 atom stereocenters. The summed E-state index contributed by atoms with van der Waals surface area (Å²) in [5, 5.41) is 14.4. The number of aromatic nitrogens is 4. The number of hydrogen-bond donors (Lipinski definition) is 2. The maximum absolute atomic E-state index is 12.8. The van der Waals surface area contributed by atoms with Gasteiger partial charge in [0.05, 0.1) is 6.54 Å². The minimum absolute atomic E-state index is 0.00761. The monoisotopic (exact) mass is 445 g/mol. The van der Waals surface area contributed by atoms with Gasteiger partial charge in [-0.05, 0) is 67.6 Å². The highest BCUT2D eigenvalue weighted by Gasteiger charge is 2.25. The van der Waals surface area contributed by atoms with Gasteiger partial charge in [0.25, 0.3) is 12.4 Å². The Balaban J connectivity index is 0.000000821. The molecule has 1 aromatic carbocycles. The quantitative estimate of drug-likeness (QED) is 0.455. The summed E-state index contributed by atoms with van der Waals surface area (Å²) in [6, 6.07) is 16.6. The van der Waals surface area contributed by atoms with Crippen LogP contribution in [0.3, 0.4) is 0 Å². The molecule has 3 heterocycles. The number of nitrogens with zero attached hydrogens (tertiary/aromatic N) is 4. The van der Waals surface area contributed by atoms with E-state index in [1.165, 1.54) is 5.56 Å². The van der Waals surface area contributed by atoms with Gasteiger partial charge in [0.15, 0.2) is 0 Å². The molecule has 0 spiro atoms. The summed E-state index contributed by atoms with van der Waals surface area (Å²) in [5.41, 5.74) is 2.96. The Kier molecular flexibility index (Phi) is 7.14. The van der Waals surface area contributed by atoms with Gasteiger partial charge in [-0.25, -0.2) is 4.98 Å². The van der Waals surface area contributed by atoms with E-state index < -0.39 is 0 Å². The predicted molar refractivity (Wildman–Crippen MR) is 124 cm³/mol. The van der Waals surface area contributed by atoms with Gasteiger partial charge in [-0.15, -0.1) is 0 Å². The van der Waals surface area contributed by atoms with Crippen LogP contribution in [0.5, 0.6) is 0 Å². The minimum Gasteiger partial charge on any atom is -0.483 e. The van der Waals surface area contributed by atoms with Crippen molar-refractivity contribution in [1.82, 2.24) is 24.6 Å². The molecule has 8 nitrogen and oxygen atoms in total. The molecule has 0 bridgehead atoms. The molecule has 1 aromatic heterocycles. The van der Waals surface area contributed by atoms with Crippen molar-refractivity contribution in [3.8, 4) is 11.4 Å². The SMILES string of the molecule is O=C(NC1CCC(n2cccc3ccnc2-3)CC1)c1cccc(Cn2cccn2)c1.O=CO. The van der Waals surface area contributed by atoms with Crippen LogP contribution in [0.25, 0.3) is 11.4 Å². The number of carbonyl (C=O) groups excluding carboxylic acids is 1. The smallest absolute Gasteiger partial charge is 0.290 e. The third kappa shape index (κ3) is 5.46. The molecule has 1 fully saturated rings. The number of nitrogens with one attached hydrogen (secondary N) is 1. The van der Waals surface area contributed by atoms with Crippen molar-refractivity contribution in [2.75, 3.05) is 0 Å². The number of rotatable bonds is 5. The van der Waals surface area contributed by atoms with E-state index in [4.69, 9.17) is 9.90 Å². The molecular formula is C25H27N5O3. The molecule has 5 rings (SSSR count). The molecule has 2 aromatic rings. The second-order valence-electron chi connectivity index (χ2n) is 8.13. The second kappa shape index (κ2) is 10.6. The van der Waals surface area contributed by atoms with Crippen LogP contribution < -0.4 is 5.32 Å². The van der Waals surface area contributed by atoms with Crippen molar-refractivity contribution < 1.29 is 14.7 Å². The fraction of sp³-hybridized carbons (Fsp3) is 0.280. The number of hydrogen-bond acceptors (Lipinski definition) is 4. The normalized spacial score (nSPS) is 17.7. The van der Waals surface area contributed by atoms with Crippen molar-refractivity contribution >= 4 is 12.4 Å². The Hall–Kier alpha value is -3.94. The third-order valence-corrected chi connectivity index (χ3v) is 5.99. The summed E-state index contributed by atoms with van der Waals surface area (Å²) < 4.78 is 4.16. The first-order chi connectivity index (χ1) is 16.2. The lowest BCUT2D eigenvalue weighted by molar-refractivity contribution is -0.122. The van der Waals surface area contributed by atoms with Crippen LogP contribution in [0.4, 0.5) is 0 Å². The number of carboxylic acid groups (broad SMARTS) is 1. The third-order valence-electron chi connectivity index (χ3n) is 5.99. The van der Waals surface area contributed by atoms with Gasteiger partial charge in [-0.2, -0.15) is 5.10 Å². The van der Waals surface area contributed by atoms with Gasteiger partial charge >= 0.3 is 0 Å². The molecular weight excluding hydrogens is 418 g/mol. The van der Waals surface area contributed by atoms with Crippen molar-refractivity contribution in [2.45, 2.75) is 44.3 Å². The van der Waals surface area contributed by atoms with Crippen LogP contribution in [-0.2, 0) is 11.3 Å². The standard InChI is InChI=1S/C24H25N5O.CH2O2/c30-24(20-5-1-4-18(16-20)17-28-14-3-12-26-28)27-21-7-9-22(10-8-21)29-15-2-6-19-11-13-25-23(19)29;2-1-3/h1-6,11-16,21-22H,7-10,17H2,(H,27,30);1H,(H,2,3). The zero-order valence-electron chi connectivity index (χ0n) is 18.2. The fourth-order valence-electron chi connectivity index (χ4n) is 4.45. The van der Waals surface area contributed by atoms with E-state index in [9.17, 15) is 4.79 Å². The molecule has 170 valence electrons. The first-order valence-corrected chi connectivity index (χ1v) is 11.0. The molecule has 1 aliphatic carbocycles.